The normalized spacial score (nSPS) is 28.3. The van der Waals surface area contributed by atoms with Gasteiger partial charge >= 0.3 is 0 Å². The van der Waals surface area contributed by atoms with Crippen molar-refractivity contribution in [3.8, 4) is 0 Å². The van der Waals surface area contributed by atoms with Crippen LogP contribution in [-0.2, 0) is 4.79 Å². The average Bonchev–Trinajstić information content (AvgIpc) is 3.00. The summed E-state index contributed by atoms with van der Waals surface area (Å²) in [4.78, 5) is 28.8. The molecule has 2 amide bonds. The summed E-state index contributed by atoms with van der Waals surface area (Å²) in [5, 5.41) is 3.62. The number of rotatable bonds is 3. The van der Waals surface area contributed by atoms with Crippen molar-refractivity contribution in [2.24, 2.45) is 5.92 Å². The van der Waals surface area contributed by atoms with Crippen molar-refractivity contribution in [1.29, 1.82) is 0 Å². The molecular weight excluding hydrogens is 333 g/mol. The topological polar surface area (TPSA) is 52.7 Å². The molecule has 3 aliphatic heterocycles. The quantitative estimate of drug-likeness (QED) is 0.899. The fourth-order valence-electron chi connectivity index (χ4n) is 4.65. The third-order valence-electron chi connectivity index (χ3n) is 6.04. The fourth-order valence-corrected chi connectivity index (χ4v) is 4.65. The van der Waals surface area contributed by atoms with E-state index in [9.17, 15) is 14.0 Å². The van der Waals surface area contributed by atoms with Crippen molar-refractivity contribution in [3.63, 3.8) is 0 Å². The molecule has 3 saturated heterocycles. The van der Waals surface area contributed by atoms with Crippen LogP contribution in [0.15, 0.2) is 24.3 Å². The Morgan fingerprint density at radius 1 is 0.962 bits per heavy atom. The number of piperazine rings is 1. The van der Waals surface area contributed by atoms with Crippen LogP contribution in [0, 0.1) is 11.7 Å². The first-order chi connectivity index (χ1) is 12.6. The Balaban J connectivity index is 1.27. The van der Waals surface area contributed by atoms with Gasteiger partial charge < -0.3 is 15.1 Å². The minimum atomic E-state index is -0.344. The number of piperidine rings is 1. The van der Waals surface area contributed by atoms with E-state index in [-0.39, 0.29) is 17.6 Å². The number of nitrogens with zero attached hydrogens (tertiary/aromatic N) is 2. The number of nitrogens with one attached hydrogen (secondary N) is 1. The number of benzene rings is 1. The van der Waals surface area contributed by atoms with Crippen molar-refractivity contribution < 1.29 is 14.0 Å². The lowest BCUT2D eigenvalue weighted by Crippen LogP contribution is -2.51. The molecule has 2 unspecified atom stereocenters. The van der Waals surface area contributed by atoms with E-state index in [2.05, 4.69) is 5.32 Å². The van der Waals surface area contributed by atoms with Gasteiger partial charge in [0.1, 0.15) is 5.82 Å². The third-order valence-corrected chi connectivity index (χ3v) is 6.04. The highest BCUT2D eigenvalue weighted by Crippen LogP contribution is 2.33. The Morgan fingerprint density at radius 3 is 2.15 bits per heavy atom. The molecular formula is C20H26FN3O2. The van der Waals surface area contributed by atoms with Gasteiger partial charge in [-0.2, -0.15) is 0 Å². The number of carbonyl (C=O) groups excluding carboxylic acids is 2. The van der Waals surface area contributed by atoms with E-state index in [1.54, 1.807) is 4.90 Å². The number of halogens is 1. The molecule has 1 aromatic rings. The molecule has 0 aromatic heterocycles. The minimum Gasteiger partial charge on any atom is -0.339 e. The molecule has 6 heteroatoms. The lowest BCUT2D eigenvalue weighted by molar-refractivity contribution is -0.134. The minimum absolute atomic E-state index is 0.0907. The first-order valence-corrected chi connectivity index (χ1v) is 9.67. The summed E-state index contributed by atoms with van der Waals surface area (Å²) >= 11 is 0. The number of hydrogen-bond acceptors (Lipinski definition) is 3. The number of amides is 2. The zero-order chi connectivity index (χ0) is 18.1. The highest BCUT2D eigenvalue weighted by atomic mass is 19.1. The molecule has 2 atom stereocenters. The molecule has 3 aliphatic rings. The maximum absolute atomic E-state index is 13.0. The number of hydrogen-bond donors (Lipinski definition) is 1. The summed E-state index contributed by atoms with van der Waals surface area (Å²) < 4.78 is 13.0. The molecule has 0 radical (unpaired) electrons. The number of carbonyl (C=O) groups is 2. The van der Waals surface area contributed by atoms with E-state index >= 15 is 0 Å². The van der Waals surface area contributed by atoms with Crippen LogP contribution in [0.4, 0.5) is 4.39 Å². The van der Waals surface area contributed by atoms with Crippen molar-refractivity contribution in [1.82, 2.24) is 15.1 Å². The van der Waals surface area contributed by atoms with Gasteiger partial charge in [0.25, 0.3) is 5.91 Å². The second-order valence-electron chi connectivity index (χ2n) is 7.86. The van der Waals surface area contributed by atoms with Crippen LogP contribution in [0.5, 0.6) is 0 Å². The monoisotopic (exact) mass is 359 g/mol. The van der Waals surface area contributed by atoms with Crippen LogP contribution < -0.4 is 5.32 Å². The van der Waals surface area contributed by atoms with Crippen molar-refractivity contribution in [3.05, 3.63) is 35.6 Å². The molecule has 26 heavy (non-hydrogen) atoms. The Labute approximate surface area is 153 Å². The van der Waals surface area contributed by atoms with E-state index in [1.807, 2.05) is 4.90 Å². The molecule has 1 N–H and O–H groups in total. The van der Waals surface area contributed by atoms with E-state index in [1.165, 1.54) is 37.1 Å². The van der Waals surface area contributed by atoms with Crippen LogP contribution in [0.2, 0.25) is 0 Å². The highest BCUT2D eigenvalue weighted by Gasteiger charge is 2.35. The summed E-state index contributed by atoms with van der Waals surface area (Å²) in [5.41, 5.74) is 0.497. The van der Waals surface area contributed by atoms with Gasteiger partial charge in [0.15, 0.2) is 0 Å². The SMILES string of the molecule is O=C(CC1CC2CCC(C1)N2)N1CCN(C(=O)c2ccc(F)cc2)CC1. The second kappa shape index (κ2) is 7.35. The van der Waals surface area contributed by atoms with Gasteiger partial charge in [0.05, 0.1) is 0 Å². The van der Waals surface area contributed by atoms with Crippen LogP contribution in [-0.4, -0.2) is 59.9 Å². The molecule has 2 bridgehead atoms. The Hall–Kier alpha value is -1.95. The van der Waals surface area contributed by atoms with Crippen LogP contribution in [0.1, 0.15) is 42.5 Å². The second-order valence-corrected chi connectivity index (χ2v) is 7.86. The van der Waals surface area contributed by atoms with Crippen molar-refractivity contribution in [2.45, 2.75) is 44.2 Å². The standard InChI is InChI=1S/C20H26FN3O2/c21-16-3-1-15(2-4-16)20(26)24-9-7-23(8-10-24)19(25)13-14-11-17-5-6-18(12-14)22-17/h1-4,14,17-18,22H,5-13H2. The van der Waals surface area contributed by atoms with E-state index < -0.39 is 0 Å². The van der Waals surface area contributed by atoms with Gasteiger partial charge in [-0.25, -0.2) is 4.39 Å². The average molecular weight is 359 g/mol. The maximum Gasteiger partial charge on any atom is 0.253 e. The smallest absolute Gasteiger partial charge is 0.253 e. The molecule has 140 valence electrons. The summed E-state index contributed by atoms with van der Waals surface area (Å²) in [7, 11) is 0. The van der Waals surface area contributed by atoms with Gasteiger partial charge in [0, 0.05) is 50.2 Å². The largest absolute Gasteiger partial charge is 0.339 e. The lowest BCUT2D eigenvalue weighted by atomic mass is 9.89. The molecule has 0 aliphatic carbocycles. The Kier molecular flexibility index (Phi) is 4.94. The van der Waals surface area contributed by atoms with Crippen molar-refractivity contribution >= 4 is 11.8 Å². The summed E-state index contributed by atoms with van der Waals surface area (Å²) in [6.45, 7) is 2.26. The molecule has 3 heterocycles. The lowest BCUT2D eigenvalue weighted by Gasteiger charge is -2.36. The predicted molar refractivity (Wildman–Crippen MR) is 96.2 cm³/mol. The molecule has 0 saturated carbocycles. The van der Waals surface area contributed by atoms with Crippen LogP contribution in [0.3, 0.4) is 0 Å². The summed E-state index contributed by atoms with van der Waals surface area (Å²) in [5.74, 6) is 0.292. The van der Waals surface area contributed by atoms with E-state index in [0.717, 1.165) is 12.8 Å². The highest BCUT2D eigenvalue weighted by molar-refractivity contribution is 5.94. The molecule has 5 nitrogen and oxygen atoms in total. The van der Waals surface area contributed by atoms with Crippen LogP contribution >= 0.6 is 0 Å². The van der Waals surface area contributed by atoms with Gasteiger partial charge in [-0.05, 0) is 55.9 Å². The van der Waals surface area contributed by atoms with E-state index in [4.69, 9.17) is 0 Å². The zero-order valence-corrected chi connectivity index (χ0v) is 15.0. The van der Waals surface area contributed by atoms with E-state index in [0.29, 0.717) is 56.2 Å². The summed E-state index contributed by atoms with van der Waals surface area (Å²) in [6, 6.07) is 6.85. The molecule has 3 fully saturated rings. The van der Waals surface area contributed by atoms with Crippen molar-refractivity contribution in [2.75, 3.05) is 26.2 Å². The molecule has 1 aromatic carbocycles. The maximum atomic E-state index is 13.0. The van der Waals surface area contributed by atoms with Gasteiger partial charge in [-0.15, -0.1) is 0 Å². The predicted octanol–water partition coefficient (Wildman–Crippen LogP) is 2.03. The van der Waals surface area contributed by atoms with Gasteiger partial charge in [-0.3, -0.25) is 9.59 Å². The number of fused-ring (bicyclic) bond motifs is 2. The third kappa shape index (κ3) is 3.75. The molecule has 0 spiro atoms. The Morgan fingerprint density at radius 2 is 1.54 bits per heavy atom. The first kappa shape index (κ1) is 17.5. The van der Waals surface area contributed by atoms with Gasteiger partial charge in [0.2, 0.25) is 5.91 Å². The van der Waals surface area contributed by atoms with Gasteiger partial charge in [-0.1, -0.05) is 0 Å². The fraction of sp³-hybridized carbons (Fsp3) is 0.600. The first-order valence-electron chi connectivity index (χ1n) is 9.67. The Bertz CT molecular complexity index is 658. The van der Waals surface area contributed by atoms with Crippen LogP contribution in [0.25, 0.3) is 0 Å². The summed E-state index contributed by atoms with van der Waals surface area (Å²) in [6.07, 6.45) is 5.37. The zero-order valence-electron chi connectivity index (χ0n) is 15.0. The molecule has 4 rings (SSSR count).